The summed E-state index contributed by atoms with van der Waals surface area (Å²) in [5.41, 5.74) is 5.60. The first-order valence-corrected chi connectivity index (χ1v) is 7.94. The lowest BCUT2D eigenvalue weighted by Gasteiger charge is -2.21. The van der Waals surface area contributed by atoms with Crippen molar-refractivity contribution in [1.29, 1.82) is 0 Å². The highest BCUT2D eigenvalue weighted by molar-refractivity contribution is 5.95. The number of ether oxygens (including phenoxy) is 1. The molecule has 1 fully saturated rings. The number of carbonyl (C=O) groups excluding carboxylic acids is 2. The molecule has 0 heterocycles. The number of amides is 2. The van der Waals surface area contributed by atoms with E-state index < -0.39 is 12.0 Å². The van der Waals surface area contributed by atoms with Gasteiger partial charge >= 0.3 is 0 Å². The van der Waals surface area contributed by atoms with Crippen molar-refractivity contribution < 1.29 is 14.3 Å². The zero-order valence-corrected chi connectivity index (χ0v) is 13.0. The number of primary amides is 1. The number of hydrogen-bond donors (Lipinski definition) is 2. The van der Waals surface area contributed by atoms with Crippen LogP contribution in [0.3, 0.4) is 0 Å². The Morgan fingerprint density at radius 3 is 2.45 bits per heavy atom. The zero-order valence-electron chi connectivity index (χ0n) is 13.0. The van der Waals surface area contributed by atoms with Crippen molar-refractivity contribution in [1.82, 2.24) is 5.32 Å². The largest absolute Gasteiger partial charge is 0.480 e. The van der Waals surface area contributed by atoms with Crippen molar-refractivity contribution in [3.8, 4) is 5.75 Å². The van der Waals surface area contributed by atoms with E-state index >= 15 is 0 Å². The van der Waals surface area contributed by atoms with Crippen LogP contribution >= 0.6 is 0 Å². The highest BCUT2D eigenvalue weighted by atomic mass is 16.5. The third-order valence-electron chi connectivity index (χ3n) is 4.03. The maximum Gasteiger partial charge on any atom is 0.260 e. The molecule has 0 aromatic heterocycles. The molecule has 120 valence electrons. The van der Waals surface area contributed by atoms with Crippen molar-refractivity contribution in [3.63, 3.8) is 0 Å². The van der Waals surface area contributed by atoms with Gasteiger partial charge in [0, 0.05) is 6.04 Å². The fraction of sp³-hybridized carbons (Fsp3) is 0.529. The molecule has 22 heavy (non-hydrogen) atoms. The van der Waals surface area contributed by atoms with Gasteiger partial charge in [0.15, 0.2) is 6.10 Å². The van der Waals surface area contributed by atoms with Crippen LogP contribution in [0.5, 0.6) is 5.75 Å². The van der Waals surface area contributed by atoms with Crippen LogP contribution in [-0.4, -0.2) is 24.0 Å². The van der Waals surface area contributed by atoms with E-state index in [0.29, 0.717) is 5.75 Å². The molecule has 1 aromatic carbocycles. The van der Waals surface area contributed by atoms with Gasteiger partial charge in [-0.1, -0.05) is 37.8 Å². The normalized spacial score (nSPS) is 17.3. The number of carbonyl (C=O) groups is 2. The summed E-state index contributed by atoms with van der Waals surface area (Å²) in [6.45, 7) is 1.68. The van der Waals surface area contributed by atoms with E-state index in [-0.39, 0.29) is 17.5 Å². The second-order valence-corrected chi connectivity index (χ2v) is 5.82. The smallest absolute Gasteiger partial charge is 0.260 e. The lowest BCUT2D eigenvalue weighted by atomic mass is 10.1. The number of hydrogen-bond acceptors (Lipinski definition) is 3. The summed E-state index contributed by atoms with van der Waals surface area (Å²) in [5, 5.41) is 3.05. The first-order chi connectivity index (χ1) is 10.6. The van der Waals surface area contributed by atoms with Gasteiger partial charge in [0.1, 0.15) is 5.75 Å². The summed E-state index contributed by atoms with van der Waals surface area (Å²) >= 11 is 0. The van der Waals surface area contributed by atoms with Gasteiger partial charge in [-0.05, 0) is 31.9 Å². The Hall–Kier alpha value is -2.04. The van der Waals surface area contributed by atoms with E-state index in [0.717, 1.165) is 25.7 Å². The second kappa shape index (κ2) is 7.82. The summed E-state index contributed by atoms with van der Waals surface area (Å²) in [6.07, 6.45) is 6.18. The molecular formula is C17H24N2O3. The molecule has 1 unspecified atom stereocenters. The van der Waals surface area contributed by atoms with Gasteiger partial charge in [0.05, 0.1) is 5.56 Å². The summed E-state index contributed by atoms with van der Waals surface area (Å²) in [6, 6.07) is 6.93. The van der Waals surface area contributed by atoms with E-state index in [9.17, 15) is 9.59 Å². The fourth-order valence-electron chi connectivity index (χ4n) is 2.76. The van der Waals surface area contributed by atoms with E-state index in [1.54, 1.807) is 31.2 Å². The van der Waals surface area contributed by atoms with Crippen LogP contribution in [0.2, 0.25) is 0 Å². The van der Waals surface area contributed by atoms with E-state index in [4.69, 9.17) is 10.5 Å². The lowest BCUT2D eigenvalue weighted by Crippen LogP contribution is -2.42. The molecule has 0 aliphatic heterocycles. The molecule has 5 nitrogen and oxygen atoms in total. The van der Waals surface area contributed by atoms with E-state index in [2.05, 4.69) is 5.32 Å². The van der Waals surface area contributed by atoms with Gasteiger partial charge < -0.3 is 15.8 Å². The SMILES string of the molecule is CC(Oc1ccccc1C(N)=O)C(=O)NC1CCCCCC1. The van der Waals surface area contributed by atoms with Crippen LogP contribution in [0, 0.1) is 0 Å². The van der Waals surface area contributed by atoms with Crippen LogP contribution < -0.4 is 15.8 Å². The minimum Gasteiger partial charge on any atom is -0.480 e. The molecule has 1 saturated carbocycles. The Kier molecular flexibility index (Phi) is 5.81. The molecule has 0 radical (unpaired) electrons. The third kappa shape index (κ3) is 4.48. The van der Waals surface area contributed by atoms with Crippen LogP contribution in [0.1, 0.15) is 55.8 Å². The van der Waals surface area contributed by atoms with Gasteiger partial charge in [-0.25, -0.2) is 0 Å². The number of para-hydroxylation sites is 1. The van der Waals surface area contributed by atoms with E-state index in [1.807, 2.05) is 0 Å². The molecule has 2 amide bonds. The maximum absolute atomic E-state index is 12.3. The van der Waals surface area contributed by atoms with Crippen LogP contribution in [-0.2, 0) is 4.79 Å². The first kappa shape index (κ1) is 16.3. The summed E-state index contributed by atoms with van der Waals surface area (Å²) in [4.78, 5) is 23.6. The molecule has 1 aliphatic carbocycles. The molecular weight excluding hydrogens is 280 g/mol. The number of nitrogens with one attached hydrogen (secondary N) is 1. The summed E-state index contributed by atoms with van der Waals surface area (Å²) < 4.78 is 5.63. The fourth-order valence-corrected chi connectivity index (χ4v) is 2.76. The van der Waals surface area contributed by atoms with E-state index in [1.165, 1.54) is 12.8 Å². The minimum absolute atomic E-state index is 0.147. The average molecular weight is 304 g/mol. The Labute approximate surface area is 131 Å². The number of rotatable bonds is 5. The second-order valence-electron chi connectivity index (χ2n) is 5.82. The van der Waals surface area contributed by atoms with Crippen molar-refractivity contribution in [2.24, 2.45) is 5.73 Å². The Balaban J connectivity index is 1.95. The van der Waals surface area contributed by atoms with Gasteiger partial charge in [0.25, 0.3) is 11.8 Å². The predicted molar refractivity (Wildman–Crippen MR) is 84.7 cm³/mol. The highest BCUT2D eigenvalue weighted by Gasteiger charge is 2.21. The molecule has 5 heteroatoms. The molecule has 1 aliphatic rings. The monoisotopic (exact) mass is 304 g/mol. The molecule has 2 rings (SSSR count). The van der Waals surface area contributed by atoms with Gasteiger partial charge in [0.2, 0.25) is 0 Å². The van der Waals surface area contributed by atoms with Crippen molar-refractivity contribution >= 4 is 11.8 Å². The molecule has 1 aromatic rings. The molecule has 0 saturated heterocycles. The average Bonchev–Trinajstić information content (AvgIpc) is 2.76. The quantitative estimate of drug-likeness (QED) is 0.820. The van der Waals surface area contributed by atoms with Crippen molar-refractivity contribution in [3.05, 3.63) is 29.8 Å². The van der Waals surface area contributed by atoms with Crippen LogP contribution in [0.4, 0.5) is 0 Å². The third-order valence-corrected chi connectivity index (χ3v) is 4.03. The van der Waals surface area contributed by atoms with Crippen LogP contribution in [0.15, 0.2) is 24.3 Å². The Morgan fingerprint density at radius 1 is 1.18 bits per heavy atom. The topological polar surface area (TPSA) is 81.4 Å². The number of nitrogens with two attached hydrogens (primary N) is 1. The standard InChI is InChI=1S/C17H24N2O3/c1-12(17(21)19-13-8-4-2-3-5-9-13)22-15-11-7-6-10-14(15)16(18)20/h6-7,10-13H,2-5,8-9H2,1H3,(H2,18,20)(H,19,21). The summed E-state index contributed by atoms with van der Waals surface area (Å²) in [7, 11) is 0. The van der Waals surface area contributed by atoms with Gasteiger partial charge in [-0.2, -0.15) is 0 Å². The van der Waals surface area contributed by atoms with Crippen molar-refractivity contribution in [2.45, 2.75) is 57.6 Å². The van der Waals surface area contributed by atoms with Gasteiger partial charge in [-0.3, -0.25) is 9.59 Å². The van der Waals surface area contributed by atoms with Gasteiger partial charge in [-0.15, -0.1) is 0 Å². The highest BCUT2D eigenvalue weighted by Crippen LogP contribution is 2.20. The van der Waals surface area contributed by atoms with Crippen molar-refractivity contribution in [2.75, 3.05) is 0 Å². The Morgan fingerprint density at radius 2 is 1.82 bits per heavy atom. The minimum atomic E-state index is -0.663. The predicted octanol–water partition coefficient (Wildman–Crippen LogP) is 2.39. The lowest BCUT2D eigenvalue weighted by molar-refractivity contribution is -0.128. The number of benzene rings is 1. The summed E-state index contributed by atoms with van der Waals surface area (Å²) in [5.74, 6) is -0.364. The molecule has 0 spiro atoms. The molecule has 0 bridgehead atoms. The van der Waals surface area contributed by atoms with Crippen LogP contribution in [0.25, 0.3) is 0 Å². The Bertz CT molecular complexity index is 522. The maximum atomic E-state index is 12.3. The zero-order chi connectivity index (χ0) is 15.9. The molecule has 3 N–H and O–H groups in total. The molecule has 1 atom stereocenters. The first-order valence-electron chi connectivity index (χ1n) is 7.94.